The van der Waals surface area contributed by atoms with Crippen LogP contribution in [0.4, 0.5) is 0 Å². The molecule has 0 aromatic carbocycles. The summed E-state index contributed by atoms with van der Waals surface area (Å²) >= 11 is 0. The Labute approximate surface area is 129 Å². The third-order valence-electron chi connectivity index (χ3n) is 3.01. The van der Waals surface area contributed by atoms with Crippen molar-refractivity contribution >= 4 is 11.9 Å². The van der Waals surface area contributed by atoms with E-state index in [1.165, 1.54) is 0 Å². The van der Waals surface area contributed by atoms with Gasteiger partial charge < -0.3 is 18.9 Å². The maximum absolute atomic E-state index is 11.6. The average Bonchev–Trinajstić information content (AvgIpc) is 2.89. The zero-order chi connectivity index (χ0) is 16.4. The summed E-state index contributed by atoms with van der Waals surface area (Å²) in [4.78, 5) is 23.1. The largest absolute Gasteiger partial charge is 0.418 e. The van der Waals surface area contributed by atoms with Crippen molar-refractivity contribution in [1.82, 2.24) is 10.6 Å². The predicted molar refractivity (Wildman–Crippen MR) is 75.2 cm³/mol. The van der Waals surface area contributed by atoms with Crippen molar-refractivity contribution in [2.24, 2.45) is 0 Å². The summed E-state index contributed by atoms with van der Waals surface area (Å²) < 4.78 is 20.5. The van der Waals surface area contributed by atoms with Crippen molar-refractivity contribution < 1.29 is 28.5 Å². The van der Waals surface area contributed by atoms with Crippen molar-refractivity contribution in [1.29, 1.82) is 0 Å². The summed E-state index contributed by atoms with van der Waals surface area (Å²) in [7, 11) is 0. The first kappa shape index (κ1) is 16.9. The molecule has 2 fully saturated rings. The maximum atomic E-state index is 11.6. The van der Waals surface area contributed by atoms with Crippen LogP contribution in [-0.4, -0.2) is 49.1 Å². The molecule has 2 N–H and O–H groups in total. The Morgan fingerprint density at radius 2 is 1.27 bits per heavy atom. The van der Waals surface area contributed by atoms with Crippen LogP contribution in [0.3, 0.4) is 0 Å². The van der Waals surface area contributed by atoms with Gasteiger partial charge in [0.15, 0.2) is 0 Å². The van der Waals surface area contributed by atoms with Crippen molar-refractivity contribution in [3.63, 3.8) is 0 Å². The highest BCUT2D eigenvalue weighted by molar-refractivity contribution is 5.91. The molecule has 0 bridgehead atoms. The normalized spacial score (nSPS) is 29.6. The highest BCUT2D eigenvalue weighted by Gasteiger charge is 2.34. The van der Waals surface area contributed by atoms with Gasteiger partial charge in [-0.05, 0) is 27.7 Å². The van der Waals surface area contributed by atoms with Gasteiger partial charge >= 0.3 is 11.9 Å². The van der Waals surface area contributed by atoms with Crippen LogP contribution >= 0.6 is 0 Å². The minimum atomic E-state index is -0.816. The van der Waals surface area contributed by atoms with Crippen LogP contribution in [0.1, 0.15) is 27.7 Å². The van der Waals surface area contributed by atoms with Gasteiger partial charge in [-0.1, -0.05) is 0 Å². The Balaban J connectivity index is 1.72. The fourth-order valence-corrected chi connectivity index (χ4v) is 1.93. The number of rotatable bonds is 4. The molecule has 2 saturated heterocycles. The van der Waals surface area contributed by atoms with Crippen molar-refractivity contribution in [3.05, 3.63) is 12.2 Å². The zero-order valence-corrected chi connectivity index (χ0v) is 13.2. The molecule has 22 heavy (non-hydrogen) atoms. The van der Waals surface area contributed by atoms with Gasteiger partial charge in [0.1, 0.15) is 0 Å². The molecule has 124 valence electrons. The third-order valence-corrected chi connectivity index (χ3v) is 3.01. The van der Waals surface area contributed by atoms with E-state index in [0.29, 0.717) is 13.2 Å². The highest BCUT2D eigenvalue weighted by atomic mass is 16.7. The monoisotopic (exact) mass is 314 g/mol. The van der Waals surface area contributed by atoms with Crippen LogP contribution in [0.15, 0.2) is 12.2 Å². The van der Waals surface area contributed by atoms with E-state index < -0.39 is 24.8 Å². The summed E-state index contributed by atoms with van der Waals surface area (Å²) in [6.45, 7) is 8.54. The molecule has 8 heteroatoms. The van der Waals surface area contributed by atoms with E-state index in [4.69, 9.17) is 18.9 Å². The summed E-state index contributed by atoms with van der Waals surface area (Å²) in [5.41, 5.74) is -0.516. The van der Waals surface area contributed by atoms with E-state index in [1.54, 1.807) is 0 Å². The quantitative estimate of drug-likeness (QED) is 0.553. The van der Waals surface area contributed by atoms with Gasteiger partial charge in [0.25, 0.3) is 12.8 Å². The first-order chi connectivity index (χ1) is 10.2. The van der Waals surface area contributed by atoms with Gasteiger partial charge in [0, 0.05) is 23.2 Å². The lowest BCUT2D eigenvalue weighted by atomic mass is 10.1. The van der Waals surface area contributed by atoms with Gasteiger partial charge in [-0.3, -0.25) is 10.6 Å². The van der Waals surface area contributed by atoms with Gasteiger partial charge in [0.2, 0.25) is 0 Å². The topological polar surface area (TPSA) is 95.1 Å². The minimum absolute atomic E-state index is 0.258. The predicted octanol–water partition coefficient (Wildman–Crippen LogP) is -0.00700. The van der Waals surface area contributed by atoms with Crippen molar-refractivity contribution in [2.45, 2.75) is 51.6 Å². The lowest BCUT2D eigenvalue weighted by molar-refractivity contribution is -0.170. The molecule has 8 nitrogen and oxygen atoms in total. The Bertz CT molecular complexity index is 432. The van der Waals surface area contributed by atoms with E-state index in [-0.39, 0.29) is 11.1 Å². The molecule has 0 spiro atoms. The highest BCUT2D eigenvalue weighted by Crippen LogP contribution is 2.15. The van der Waals surface area contributed by atoms with E-state index in [9.17, 15) is 9.59 Å². The second kappa shape index (κ2) is 6.33. The Morgan fingerprint density at radius 3 is 1.55 bits per heavy atom. The van der Waals surface area contributed by atoms with Crippen LogP contribution in [0, 0.1) is 0 Å². The van der Waals surface area contributed by atoms with Crippen LogP contribution in [0.2, 0.25) is 0 Å². The molecule has 0 radical (unpaired) electrons. The minimum Gasteiger partial charge on any atom is -0.418 e. The first-order valence-corrected chi connectivity index (χ1v) is 7.03. The second-order valence-corrected chi connectivity index (χ2v) is 6.55. The molecule has 0 aliphatic carbocycles. The van der Waals surface area contributed by atoms with Crippen LogP contribution in [0.5, 0.6) is 0 Å². The van der Waals surface area contributed by atoms with Gasteiger partial charge in [0.05, 0.1) is 13.2 Å². The van der Waals surface area contributed by atoms with Gasteiger partial charge in [-0.15, -0.1) is 0 Å². The van der Waals surface area contributed by atoms with Crippen molar-refractivity contribution in [3.8, 4) is 0 Å². The smallest absolute Gasteiger partial charge is 0.334 e. The summed E-state index contributed by atoms with van der Waals surface area (Å²) in [5, 5.41) is 5.94. The molecule has 2 unspecified atom stereocenters. The molecule has 0 aromatic heterocycles. The lowest BCUT2D eigenvalue weighted by Crippen LogP contribution is -2.41. The first-order valence-electron chi connectivity index (χ1n) is 7.03. The van der Waals surface area contributed by atoms with Gasteiger partial charge in [-0.2, -0.15) is 0 Å². The fourth-order valence-electron chi connectivity index (χ4n) is 1.93. The summed E-state index contributed by atoms with van der Waals surface area (Å²) in [6.07, 6.45) is 0.338. The molecule has 0 aromatic rings. The second-order valence-electron chi connectivity index (χ2n) is 6.55. The molecule has 2 atom stereocenters. The molecule has 2 heterocycles. The molecule has 2 rings (SSSR count). The van der Waals surface area contributed by atoms with E-state index >= 15 is 0 Å². The third kappa shape index (κ3) is 5.06. The number of hydrogen-bond acceptors (Lipinski definition) is 8. The summed E-state index contributed by atoms with van der Waals surface area (Å²) in [6, 6.07) is 0. The van der Waals surface area contributed by atoms with E-state index in [1.807, 2.05) is 27.7 Å². The Morgan fingerprint density at radius 1 is 0.909 bits per heavy atom. The Kier molecular flexibility index (Phi) is 4.86. The average molecular weight is 314 g/mol. The molecular formula is C14H22N2O6. The number of hydrogen-bond donors (Lipinski definition) is 2. The van der Waals surface area contributed by atoms with Gasteiger partial charge in [-0.25, -0.2) is 9.59 Å². The van der Waals surface area contributed by atoms with E-state index in [2.05, 4.69) is 10.6 Å². The van der Waals surface area contributed by atoms with Crippen LogP contribution in [-0.2, 0) is 28.5 Å². The zero-order valence-electron chi connectivity index (χ0n) is 13.2. The molecule has 2 aliphatic rings. The molecule has 2 aliphatic heterocycles. The number of ether oxygens (including phenoxy) is 4. The Hall–Kier alpha value is -1.48. The number of carbonyl (C=O) groups excluding carboxylic acids is 2. The number of esters is 2. The molecular weight excluding hydrogens is 292 g/mol. The number of nitrogens with one attached hydrogen (secondary N) is 2. The van der Waals surface area contributed by atoms with Crippen molar-refractivity contribution in [2.75, 3.05) is 13.2 Å². The van der Waals surface area contributed by atoms with Crippen LogP contribution in [0.25, 0.3) is 0 Å². The molecule has 0 amide bonds. The standard InChI is InChI=1S/C14H22N2O6/c1-13(2)7-19-11(15-13)21-9(17)5-6-10(18)22-12-16-14(3,4)8-20-12/h5-6,11-12,15-16H,7-8H2,1-4H3/b6-5+. The molecule has 0 saturated carbocycles. The number of carbonyl (C=O) groups is 2. The van der Waals surface area contributed by atoms with E-state index in [0.717, 1.165) is 12.2 Å². The fraction of sp³-hybridized carbons (Fsp3) is 0.714. The summed E-state index contributed by atoms with van der Waals surface area (Å²) in [5.74, 6) is -1.40. The maximum Gasteiger partial charge on any atom is 0.334 e. The SMILES string of the molecule is CC1(C)COC(OC(=O)/C=C/C(=O)OC2NC(C)(C)CO2)N1. The lowest BCUT2D eigenvalue weighted by Gasteiger charge is -2.16. The van der Waals surface area contributed by atoms with Crippen LogP contribution < -0.4 is 10.6 Å².